The molecule has 0 saturated heterocycles. The van der Waals surface area contributed by atoms with Crippen molar-refractivity contribution in [3.63, 3.8) is 0 Å². The second kappa shape index (κ2) is 8.24. The van der Waals surface area contributed by atoms with E-state index in [2.05, 4.69) is 39.3 Å². The highest BCUT2D eigenvalue weighted by Crippen LogP contribution is 2.35. The number of pyridine rings is 3. The van der Waals surface area contributed by atoms with Crippen molar-refractivity contribution in [3.8, 4) is 17.2 Å². The van der Waals surface area contributed by atoms with Gasteiger partial charge in [0.2, 0.25) is 5.91 Å². The molecule has 4 heterocycles. The standard InChI is InChI=1S/C25H23FN6O/c1-3-4-5-16-6-14(2)20(13-28-16)18-7-15-11-29-23(31-25(33)19-8-21(19)26)9-22(15)32-17(10-27)12-30-24(18)32/h6-7,9,11-13,19,21H,3-5,8H2,1-2H3,(H,29,31,33). The van der Waals surface area contributed by atoms with Crippen LogP contribution in [0.2, 0.25) is 0 Å². The van der Waals surface area contributed by atoms with Crippen LogP contribution in [-0.4, -0.2) is 31.4 Å². The Kier molecular flexibility index (Phi) is 5.25. The Balaban J connectivity index is 1.62. The molecule has 33 heavy (non-hydrogen) atoms. The van der Waals surface area contributed by atoms with Crippen molar-refractivity contribution in [1.29, 1.82) is 5.26 Å². The molecule has 2 unspecified atom stereocenters. The van der Waals surface area contributed by atoms with E-state index in [-0.39, 0.29) is 12.3 Å². The van der Waals surface area contributed by atoms with Crippen molar-refractivity contribution in [1.82, 2.24) is 19.4 Å². The number of fused-ring (bicyclic) bond motifs is 3. The fourth-order valence-corrected chi connectivity index (χ4v) is 4.16. The maximum absolute atomic E-state index is 13.2. The van der Waals surface area contributed by atoms with Gasteiger partial charge in [-0.3, -0.25) is 14.2 Å². The number of unbranched alkanes of at least 4 members (excludes halogenated alkanes) is 1. The number of hydrogen-bond acceptors (Lipinski definition) is 5. The molecule has 7 nitrogen and oxygen atoms in total. The molecular weight excluding hydrogens is 419 g/mol. The van der Waals surface area contributed by atoms with Gasteiger partial charge in [-0.2, -0.15) is 5.26 Å². The van der Waals surface area contributed by atoms with Gasteiger partial charge in [-0.25, -0.2) is 14.4 Å². The monoisotopic (exact) mass is 442 g/mol. The van der Waals surface area contributed by atoms with Gasteiger partial charge in [0.25, 0.3) is 0 Å². The Hall–Kier alpha value is -3.86. The Bertz CT molecular complexity index is 1440. The fraction of sp³-hybridized carbons (Fsp3) is 0.320. The lowest BCUT2D eigenvalue weighted by Crippen LogP contribution is -2.16. The van der Waals surface area contributed by atoms with Crippen LogP contribution in [0, 0.1) is 24.2 Å². The quantitative estimate of drug-likeness (QED) is 0.464. The number of imidazole rings is 1. The van der Waals surface area contributed by atoms with Crippen molar-refractivity contribution in [3.05, 3.63) is 53.7 Å². The molecule has 1 aliphatic carbocycles. The number of nitrogens with one attached hydrogen (secondary N) is 1. The average Bonchev–Trinajstić information content (AvgIpc) is 3.39. The van der Waals surface area contributed by atoms with E-state index in [9.17, 15) is 14.4 Å². The van der Waals surface area contributed by atoms with E-state index >= 15 is 0 Å². The zero-order valence-corrected chi connectivity index (χ0v) is 18.5. The number of nitrogens with zero attached hydrogens (tertiary/aromatic N) is 5. The first-order valence-electron chi connectivity index (χ1n) is 11.1. The predicted molar refractivity (Wildman–Crippen MR) is 123 cm³/mol. The van der Waals surface area contributed by atoms with Crippen LogP contribution in [0.4, 0.5) is 10.2 Å². The first kappa shape index (κ1) is 21.0. The molecule has 1 amide bonds. The van der Waals surface area contributed by atoms with E-state index in [1.807, 2.05) is 19.2 Å². The van der Waals surface area contributed by atoms with Gasteiger partial charge in [0.1, 0.15) is 29.4 Å². The topological polar surface area (TPSA) is 96.0 Å². The van der Waals surface area contributed by atoms with Gasteiger partial charge < -0.3 is 5.32 Å². The molecule has 1 saturated carbocycles. The minimum Gasteiger partial charge on any atom is -0.310 e. The van der Waals surface area contributed by atoms with Crippen LogP contribution >= 0.6 is 0 Å². The number of aryl methyl sites for hydroxylation is 2. The second-order valence-electron chi connectivity index (χ2n) is 8.54. The van der Waals surface area contributed by atoms with Crippen molar-refractivity contribution < 1.29 is 9.18 Å². The summed E-state index contributed by atoms with van der Waals surface area (Å²) < 4.78 is 15.0. The summed E-state index contributed by atoms with van der Waals surface area (Å²) in [5.74, 6) is -0.668. The van der Waals surface area contributed by atoms with Gasteiger partial charge in [0.05, 0.1) is 17.6 Å². The van der Waals surface area contributed by atoms with Crippen LogP contribution in [0.15, 0.2) is 36.8 Å². The number of amides is 1. The normalized spacial score (nSPS) is 17.3. The van der Waals surface area contributed by atoms with Crippen LogP contribution in [0.5, 0.6) is 0 Å². The number of nitriles is 1. The molecular formula is C25H23FN6O. The molecule has 0 aromatic carbocycles. The first-order chi connectivity index (χ1) is 16.0. The minimum atomic E-state index is -1.08. The molecule has 1 N–H and O–H groups in total. The number of carbonyl (C=O) groups excluding carboxylic acids is 1. The third-order valence-electron chi connectivity index (χ3n) is 6.11. The fourth-order valence-electron chi connectivity index (χ4n) is 4.16. The highest BCUT2D eigenvalue weighted by Gasteiger charge is 2.43. The maximum Gasteiger partial charge on any atom is 0.231 e. The Morgan fingerprint density at radius 2 is 2.03 bits per heavy atom. The van der Waals surface area contributed by atoms with E-state index in [0.29, 0.717) is 22.7 Å². The van der Waals surface area contributed by atoms with Crippen LogP contribution < -0.4 is 5.32 Å². The number of alkyl halides is 1. The van der Waals surface area contributed by atoms with Crippen LogP contribution in [0.1, 0.15) is 43.1 Å². The largest absolute Gasteiger partial charge is 0.310 e. The molecule has 166 valence electrons. The molecule has 5 rings (SSSR count). The third kappa shape index (κ3) is 3.80. The second-order valence-corrected chi connectivity index (χ2v) is 8.54. The predicted octanol–water partition coefficient (Wildman–Crippen LogP) is 4.76. The lowest BCUT2D eigenvalue weighted by molar-refractivity contribution is -0.117. The summed E-state index contributed by atoms with van der Waals surface area (Å²) in [4.78, 5) is 25.7. The molecule has 1 fully saturated rings. The van der Waals surface area contributed by atoms with Gasteiger partial charge in [-0.1, -0.05) is 13.3 Å². The van der Waals surface area contributed by atoms with Crippen molar-refractivity contribution >= 4 is 28.3 Å². The number of carbonyl (C=O) groups is 1. The lowest BCUT2D eigenvalue weighted by atomic mass is 10.0. The van der Waals surface area contributed by atoms with Gasteiger partial charge in [0.15, 0.2) is 0 Å². The number of aromatic nitrogens is 4. The van der Waals surface area contributed by atoms with Gasteiger partial charge in [0, 0.05) is 40.7 Å². The summed E-state index contributed by atoms with van der Waals surface area (Å²) in [6.07, 6.45) is 7.36. The molecule has 0 bridgehead atoms. The van der Waals surface area contributed by atoms with Crippen molar-refractivity contribution in [2.45, 2.75) is 45.7 Å². The Labute approximate surface area is 190 Å². The van der Waals surface area contributed by atoms with Crippen molar-refractivity contribution in [2.75, 3.05) is 5.32 Å². The van der Waals surface area contributed by atoms with E-state index in [1.165, 1.54) is 6.20 Å². The van der Waals surface area contributed by atoms with Gasteiger partial charge in [-0.15, -0.1) is 0 Å². The lowest BCUT2D eigenvalue weighted by Gasteiger charge is -2.13. The molecule has 0 spiro atoms. The number of halogens is 1. The third-order valence-corrected chi connectivity index (χ3v) is 6.11. The molecule has 0 radical (unpaired) electrons. The first-order valence-corrected chi connectivity index (χ1v) is 11.1. The summed E-state index contributed by atoms with van der Waals surface area (Å²) in [5, 5.41) is 13.2. The minimum absolute atomic E-state index is 0.248. The number of hydrogen-bond donors (Lipinski definition) is 1. The van der Waals surface area contributed by atoms with Crippen LogP contribution in [0.3, 0.4) is 0 Å². The van der Waals surface area contributed by atoms with E-state index in [0.717, 1.165) is 47.0 Å². The van der Waals surface area contributed by atoms with Crippen molar-refractivity contribution in [2.24, 2.45) is 5.92 Å². The summed E-state index contributed by atoms with van der Waals surface area (Å²) in [6, 6.07) is 7.97. The SMILES string of the molecule is CCCCc1cc(C)c(-c2cc3cnc(NC(=O)C4CC4F)cc3n3c(C#N)cnc23)cn1. The Morgan fingerprint density at radius 1 is 1.21 bits per heavy atom. The zero-order chi connectivity index (χ0) is 23.1. The highest BCUT2D eigenvalue weighted by atomic mass is 19.1. The summed E-state index contributed by atoms with van der Waals surface area (Å²) in [6.45, 7) is 4.21. The molecule has 2 atom stereocenters. The Morgan fingerprint density at radius 3 is 2.73 bits per heavy atom. The van der Waals surface area contributed by atoms with E-state index < -0.39 is 12.1 Å². The molecule has 1 aliphatic rings. The highest BCUT2D eigenvalue weighted by molar-refractivity contribution is 5.97. The molecule has 4 aromatic heterocycles. The zero-order valence-electron chi connectivity index (χ0n) is 18.5. The van der Waals surface area contributed by atoms with Crippen LogP contribution in [0.25, 0.3) is 27.7 Å². The number of rotatable bonds is 6. The summed E-state index contributed by atoms with van der Waals surface area (Å²) >= 11 is 0. The molecule has 8 heteroatoms. The van der Waals surface area contributed by atoms with E-state index in [4.69, 9.17) is 0 Å². The summed E-state index contributed by atoms with van der Waals surface area (Å²) in [7, 11) is 0. The number of anilines is 1. The van der Waals surface area contributed by atoms with E-state index in [1.54, 1.807) is 16.7 Å². The van der Waals surface area contributed by atoms with Gasteiger partial charge in [-0.05, 0) is 43.9 Å². The molecule has 4 aromatic rings. The maximum atomic E-state index is 13.2. The van der Waals surface area contributed by atoms with Gasteiger partial charge >= 0.3 is 0 Å². The smallest absolute Gasteiger partial charge is 0.231 e. The van der Waals surface area contributed by atoms with Crippen LogP contribution in [-0.2, 0) is 11.2 Å². The molecule has 0 aliphatic heterocycles. The summed E-state index contributed by atoms with van der Waals surface area (Å²) in [5.41, 5.74) is 5.62. The average molecular weight is 442 g/mol.